The van der Waals surface area contributed by atoms with Crippen molar-refractivity contribution >= 4 is 11.6 Å². The molecule has 19 heavy (non-hydrogen) atoms. The molecule has 0 saturated carbocycles. The van der Waals surface area contributed by atoms with E-state index in [-0.39, 0.29) is 11.8 Å². The fourth-order valence-corrected chi connectivity index (χ4v) is 2.56. The van der Waals surface area contributed by atoms with E-state index in [1.165, 1.54) is 0 Å². The Hall–Kier alpha value is -1.55. The molecule has 1 aliphatic heterocycles. The van der Waals surface area contributed by atoms with Gasteiger partial charge in [0, 0.05) is 5.92 Å². The number of methoxy groups -OCH3 is 1. The first kappa shape index (κ1) is 13.9. The minimum Gasteiger partial charge on any atom is -0.495 e. The lowest BCUT2D eigenvalue weighted by Gasteiger charge is -2.23. The van der Waals surface area contributed by atoms with Crippen LogP contribution in [0.3, 0.4) is 0 Å². The molecule has 0 aliphatic carbocycles. The number of carbonyl (C=O) groups is 1. The summed E-state index contributed by atoms with van der Waals surface area (Å²) in [5, 5.41) is 6.31. The number of amides is 1. The molecular formula is C15H22N2O2. The lowest BCUT2D eigenvalue weighted by atomic mass is 9.97. The quantitative estimate of drug-likeness (QED) is 0.878. The molecule has 1 aromatic rings. The zero-order valence-corrected chi connectivity index (χ0v) is 11.9. The van der Waals surface area contributed by atoms with Gasteiger partial charge in [-0.1, -0.05) is 6.07 Å². The van der Waals surface area contributed by atoms with Crippen LogP contribution >= 0.6 is 0 Å². The molecule has 1 saturated heterocycles. The summed E-state index contributed by atoms with van der Waals surface area (Å²) >= 11 is 0. The van der Waals surface area contributed by atoms with Gasteiger partial charge in [-0.05, 0) is 57.0 Å². The number of nitrogens with one attached hydrogen (secondary N) is 2. The molecule has 0 radical (unpaired) electrons. The van der Waals surface area contributed by atoms with Crippen molar-refractivity contribution in [1.29, 1.82) is 0 Å². The number of carbonyl (C=O) groups excluding carboxylic acids is 1. The van der Waals surface area contributed by atoms with Gasteiger partial charge in [0.1, 0.15) is 5.75 Å². The van der Waals surface area contributed by atoms with Gasteiger partial charge in [-0.25, -0.2) is 0 Å². The first-order chi connectivity index (χ1) is 9.11. The first-order valence-electron chi connectivity index (χ1n) is 6.78. The normalized spacial score (nSPS) is 16.2. The SMILES string of the molecule is COc1cc(C)cc(C)c1NC(=O)C1CCNCC1. The summed E-state index contributed by atoms with van der Waals surface area (Å²) in [6.07, 6.45) is 1.80. The summed E-state index contributed by atoms with van der Waals surface area (Å²) < 4.78 is 5.37. The van der Waals surface area contributed by atoms with E-state index in [1.54, 1.807) is 7.11 Å². The Balaban J connectivity index is 2.15. The Morgan fingerprint density at radius 3 is 2.63 bits per heavy atom. The van der Waals surface area contributed by atoms with Gasteiger partial charge in [-0.2, -0.15) is 0 Å². The van der Waals surface area contributed by atoms with E-state index in [2.05, 4.69) is 16.7 Å². The van der Waals surface area contributed by atoms with Crippen molar-refractivity contribution in [3.05, 3.63) is 23.3 Å². The summed E-state index contributed by atoms with van der Waals surface area (Å²) in [6.45, 7) is 5.85. The third-order valence-corrected chi connectivity index (χ3v) is 3.62. The highest BCUT2D eigenvalue weighted by atomic mass is 16.5. The maximum atomic E-state index is 12.3. The molecule has 2 rings (SSSR count). The predicted octanol–water partition coefficient (Wildman–Crippen LogP) is 2.25. The van der Waals surface area contributed by atoms with Crippen LogP contribution < -0.4 is 15.4 Å². The molecule has 0 spiro atoms. The second-order valence-electron chi connectivity index (χ2n) is 5.17. The Labute approximate surface area is 114 Å². The van der Waals surface area contributed by atoms with Crippen LogP contribution in [0.4, 0.5) is 5.69 Å². The number of hydrogen-bond acceptors (Lipinski definition) is 3. The van der Waals surface area contributed by atoms with Gasteiger partial charge >= 0.3 is 0 Å². The molecule has 0 unspecified atom stereocenters. The van der Waals surface area contributed by atoms with Gasteiger partial charge in [-0.15, -0.1) is 0 Å². The average molecular weight is 262 g/mol. The van der Waals surface area contributed by atoms with Crippen molar-refractivity contribution in [2.24, 2.45) is 5.92 Å². The number of rotatable bonds is 3. The molecule has 1 fully saturated rings. The molecule has 104 valence electrons. The lowest BCUT2D eigenvalue weighted by molar-refractivity contribution is -0.120. The Kier molecular flexibility index (Phi) is 4.43. The van der Waals surface area contributed by atoms with E-state index in [1.807, 2.05) is 19.9 Å². The fourth-order valence-electron chi connectivity index (χ4n) is 2.56. The number of anilines is 1. The third-order valence-electron chi connectivity index (χ3n) is 3.62. The molecule has 0 atom stereocenters. The van der Waals surface area contributed by atoms with Crippen LogP contribution in [-0.2, 0) is 4.79 Å². The molecule has 0 bridgehead atoms. The topological polar surface area (TPSA) is 50.4 Å². The number of ether oxygens (including phenoxy) is 1. The minimum absolute atomic E-state index is 0.103. The zero-order valence-electron chi connectivity index (χ0n) is 11.9. The third kappa shape index (κ3) is 3.26. The molecule has 1 aromatic carbocycles. The smallest absolute Gasteiger partial charge is 0.227 e. The van der Waals surface area contributed by atoms with Gasteiger partial charge in [-0.3, -0.25) is 4.79 Å². The Bertz CT molecular complexity index is 465. The van der Waals surface area contributed by atoms with Crippen LogP contribution in [0.25, 0.3) is 0 Å². The highest BCUT2D eigenvalue weighted by molar-refractivity contribution is 5.95. The van der Waals surface area contributed by atoms with Gasteiger partial charge in [0.25, 0.3) is 0 Å². The van der Waals surface area contributed by atoms with Gasteiger partial charge in [0.2, 0.25) is 5.91 Å². The van der Waals surface area contributed by atoms with E-state index < -0.39 is 0 Å². The van der Waals surface area contributed by atoms with Crippen molar-refractivity contribution in [2.45, 2.75) is 26.7 Å². The lowest BCUT2D eigenvalue weighted by Crippen LogP contribution is -2.34. The standard InChI is InChI=1S/C15H22N2O2/c1-10-8-11(2)14(13(9-10)19-3)17-15(18)12-4-6-16-7-5-12/h8-9,12,16H,4-7H2,1-3H3,(H,17,18). The summed E-state index contributed by atoms with van der Waals surface area (Å²) in [5.41, 5.74) is 2.98. The van der Waals surface area contributed by atoms with Crippen molar-refractivity contribution in [2.75, 3.05) is 25.5 Å². The van der Waals surface area contributed by atoms with Crippen molar-refractivity contribution in [3.63, 3.8) is 0 Å². The fraction of sp³-hybridized carbons (Fsp3) is 0.533. The van der Waals surface area contributed by atoms with E-state index in [9.17, 15) is 4.79 Å². The number of benzene rings is 1. The number of aryl methyl sites for hydroxylation is 2. The van der Waals surface area contributed by atoms with Crippen molar-refractivity contribution in [1.82, 2.24) is 5.32 Å². The molecule has 1 heterocycles. The summed E-state index contributed by atoms with van der Waals surface area (Å²) in [6, 6.07) is 4.01. The van der Waals surface area contributed by atoms with Crippen molar-refractivity contribution < 1.29 is 9.53 Å². The van der Waals surface area contributed by atoms with E-state index in [4.69, 9.17) is 4.74 Å². The van der Waals surface area contributed by atoms with E-state index in [0.717, 1.165) is 48.5 Å². The molecule has 1 amide bonds. The van der Waals surface area contributed by atoms with Crippen LogP contribution in [0.15, 0.2) is 12.1 Å². The van der Waals surface area contributed by atoms with Gasteiger partial charge in [0.15, 0.2) is 0 Å². The minimum atomic E-state index is 0.103. The first-order valence-corrected chi connectivity index (χ1v) is 6.78. The maximum Gasteiger partial charge on any atom is 0.227 e. The summed E-state index contributed by atoms with van der Waals surface area (Å²) in [7, 11) is 1.63. The monoisotopic (exact) mass is 262 g/mol. The van der Waals surface area contributed by atoms with Gasteiger partial charge in [0.05, 0.1) is 12.8 Å². The maximum absolute atomic E-state index is 12.3. The number of piperidine rings is 1. The van der Waals surface area contributed by atoms with Crippen LogP contribution in [0, 0.1) is 19.8 Å². The molecule has 4 nitrogen and oxygen atoms in total. The number of hydrogen-bond donors (Lipinski definition) is 2. The molecule has 0 aromatic heterocycles. The highest BCUT2D eigenvalue weighted by Gasteiger charge is 2.22. The zero-order chi connectivity index (χ0) is 13.8. The van der Waals surface area contributed by atoms with Crippen molar-refractivity contribution in [3.8, 4) is 5.75 Å². The summed E-state index contributed by atoms with van der Waals surface area (Å²) in [5.74, 6) is 0.943. The van der Waals surface area contributed by atoms with Crippen LogP contribution in [-0.4, -0.2) is 26.1 Å². The average Bonchev–Trinajstić information content (AvgIpc) is 2.42. The summed E-state index contributed by atoms with van der Waals surface area (Å²) in [4.78, 5) is 12.3. The molecular weight excluding hydrogens is 240 g/mol. The Morgan fingerprint density at radius 2 is 2.00 bits per heavy atom. The highest BCUT2D eigenvalue weighted by Crippen LogP contribution is 2.30. The molecule has 2 N–H and O–H groups in total. The van der Waals surface area contributed by atoms with E-state index in [0.29, 0.717) is 0 Å². The van der Waals surface area contributed by atoms with Crippen LogP contribution in [0.1, 0.15) is 24.0 Å². The largest absolute Gasteiger partial charge is 0.495 e. The second-order valence-corrected chi connectivity index (χ2v) is 5.17. The second kappa shape index (κ2) is 6.06. The predicted molar refractivity (Wildman–Crippen MR) is 76.7 cm³/mol. The molecule has 1 aliphatic rings. The Morgan fingerprint density at radius 1 is 1.32 bits per heavy atom. The van der Waals surface area contributed by atoms with Gasteiger partial charge < -0.3 is 15.4 Å². The van der Waals surface area contributed by atoms with E-state index >= 15 is 0 Å². The molecule has 4 heteroatoms. The van der Waals surface area contributed by atoms with Crippen LogP contribution in [0.2, 0.25) is 0 Å². The van der Waals surface area contributed by atoms with Crippen LogP contribution in [0.5, 0.6) is 5.75 Å².